The van der Waals surface area contributed by atoms with E-state index in [1.165, 1.54) is 17.0 Å². The van der Waals surface area contributed by atoms with Crippen LogP contribution in [0.1, 0.15) is 15.9 Å². The number of nitrogens with zero attached hydrogens (tertiary/aromatic N) is 3. The number of halogens is 4. The second kappa shape index (κ2) is 7.03. The Morgan fingerprint density at radius 2 is 2.00 bits per heavy atom. The van der Waals surface area contributed by atoms with Crippen molar-refractivity contribution in [1.29, 1.82) is 0 Å². The molecular formula is C16H11ClF3N3O4. The van der Waals surface area contributed by atoms with Crippen molar-refractivity contribution in [2.24, 2.45) is 0 Å². The number of hydrogen-bond donors (Lipinski definition) is 0. The molecule has 0 spiro atoms. The molecule has 0 radical (unpaired) electrons. The maximum atomic E-state index is 12.5. The van der Waals surface area contributed by atoms with Crippen molar-refractivity contribution in [3.05, 3.63) is 62.8 Å². The molecule has 27 heavy (non-hydrogen) atoms. The SMILES string of the molecule is O=C(c1cc([N+](=O)[O-])ccc1Cl)N1CC(Oc2ccc(C(F)(F)F)cn2)C1. The summed E-state index contributed by atoms with van der Waals surface area (Å²) in [6, 6.07) is 5.51. The van der Waals surface area contributed by atoms with Crippen molar-refractivity contribution in [3.8, 4) is 5.88 Å². The van der Waals surface area contributed by atoms with Crippen LogP contribution < -0.4 is 4.74 Å². The zero-order chi connectivity index (χ0) is 19.8. The first-order valence-electron chi connectivity index (χ1n) is 7.58. The Morgan fingerprint density at radius 1 is 1.30 bits per heavy atom. The van der Waals surface area contributed by atoms with Crippen LogP contribution in [0.2, 0.25) is 5.02 Å². The maximum absolute atomic E-state index is 12.5. The zero-order valence-corrected chi connectivity index (χ0v) is 14.2. The Morgan fingerprint density at radius 3 is 2.56 bits per heavy atom. The molecule has 1 saturated heterocycles. The van der Waals surface area contributed by atoms with Crippen LogP contribution in [0.3, 0.4) is 0 Å². The highest BCUT2D eigenvalue weighted by Gasteiger charge is 2.35. The molecule has 1 aromatic heterocycles. The minimum Gasteiger partial charge on any atom is -0.471 e. The summed E-state index contributed by atoms with van der Waals surface area (Å²) in [7, 11) is 0. The van der Waals surface area contributed by atoms with Crippen molar-refractivity contribution >= 4 is 23.2 Å². The smallest absolute Gasteiger partial charge is 0.417 e. The topological polar surface area (TPSA) is 85.6 Å². The van der Waals surface area contributed by atoms with Crippen LogP contribution in [0.4, 0.5) is 18.9 Å². The fraction of sp³-hybridized carbons (Fsp3) is 0.250. The van der Waals surface area contributed by atoms with Crippen LogP contribution in [-0.2, 0) is 6.18 Å². The van der Waals surface area contributed by atoms with Crippen LogP contribution in [0.25, 0.3) is 0 Å². The number of amides is 1. The van der Waals surface area contributed by atoms with Gasteiger partial charge in [0.1, 0.15) is 6.10 Å². The molecule has 1 aliphatic rings. The molecule has 3 rings (SSSR count). The number of benzene rings is 1. The lowest BCUT2D eigenvalue weighted by Crippen LogP contribution is -2.56. The standard InChI is InChI=1S/C16H11ClF3N3O4/c17-13-3-2-10(23(25)26)5-12(13)15(24)22-7-11(8-22)27-14-4-1-9(6-21-14)16(18,19)20/h1-6,11H,7-8H2. The molecule has 2 aromatic rings. The van der Waals surface area contributed by atoms with Crippen molar-refractivity contribution < 1.29 is 27.6 Å². The van der Waals surface area contributed by atoms with E-state index in [0.29, 0.717) is 6.20 Å². The number of ether oxygens (including phenoxy) is 1. The highest BCUT2D eigenvalue weighted by Crippen LogP contribution is 2.30. The average molecular weight is 402 g/mol. The summed E-state index contributed by atoms with van der Waals surface area (Å²) in [5, 5.41) is 10.9. The number of nitro benzene ring substituents is 1. The third-order valence-electron chi connectivity index (χ3n) is 3.88. The van der Waals surface area contributed by atoms with Crippen molar-refractivity contribution in [2.75, 3.05) is 13.1 Å². The second-order valence-electron chi connectivity index (χ2n) is 5.75. The molecule has 0 saturated carbocycles. The Balaban J connectivity index is 1.60. The van der Waals surface area contributed by atoms with Gasteiger partial charge in [-0.05, 0) is 12.1 Å². The molecule has 1 aromatic carbocycles. The fourth-order valence-corrected chi connectivity index (χ4v) is 2.63. The molecule has 0 atom stereocenters. The molecule has 1 aliphatic heterocycles. The van der Waals surface area contributed by atoms with E-state index < -0.39 is 28.7 Å². The van der Waals surface area contributed by atoms with Crippen LogP contribution in [0.15, 0.2) is 36.5 Å². The average Bonchev–Trinajstić information content (AvgIpc) is 2.57. The van der Waals surface area contributed by atoms with Crippen molar-refractivity contribution in [2.45, 2.75) is 12.3 Å². The summed E-state index contributed by atoms with van der Waals surface area (Å²) in [6.07, 6.45) is -4.27. The normalized spacial score (nSPS) is 14.6. The Kier molecular flexibility index (Phi) is 4.92. The lowest BCUT2D eigenvalue weighted by molar-refractivity contribution is -0.384. The first kappa shape index (κ1) is 18.9. The number of pyridine rings is 1. The summed E-state index contributed by atoms with van der Waals surface area (Å²) in [5.41, 5.74) is -1.15. The van der Waals surface area contributed by atoms with E-state index >= 15 is 0 Å². The monoisotopic (exact) mass is 401 g/mol. The van der Waals surface area contributed by atoms with Crippen molar-refractivity contribution in [1.82, 2.24) is 9.88 Å². The van der Waals surface area contributed by atoms with Gasteiger partial charge in [0, 0.05) is 24.4 Å². The van der Waals surface area contributed by atoms with Gasteiger partial charge in [0.2, 0.25) is 5.88 Å². The molecule has 1 fully saturated rings. The van der Waals surface area contributed by atoms with Gasteiger partial charge in [-0.15, -0.1) is 0 Å². The number of hydrogen-bond acceptors (Lipinski definition) is 5. The number of non-ortho nitro benzene ring substituents is 1. The molecule has 0 unspecified atom stereocenters. The number of rotatable bonds is 4. The number of nitro groups is 1. The third-order valence-corrected chi connectivity index (χ3v) is 4.21. The first-order valence-corrected chi connectivity index (χ1v) is 7.96. The lowest BCUT2D eigenvalue weighted by atomic mass is 10.1. The second-order valence-corrected chi connectivity index (χ2v) is 6.16. The number of carbonyl (C=O) groups excluding carboxylic acids is 1. The first-order chi connectivity index (χ1) is 12.6. The molecule has 1 amide bonds. The molecular weight excluding hydrogens is 391 g/mol. The van der Waals surface area contributed by atoms with Gasteiger partial charge in [-0.1, -0.05) is 11.6 Å². The lowest BCUT2D eigenvalue weighted by Gasteiger charge is -2.38. The van der Waals surface area contributed by atoms with Gasteiger partial charge in [-0.2, -0.15) is 13.2 Å². The summed E-state index contributed by atoms with van der Waals surface area (Å²) < 4.78 is 42.9. The highest BCUT2D eigenvalue weighted by atomic mass is 35.5. The predicted molar refractivity (Wildman–Crippen MR) is 87.7 cm³/mol. The summed E-state index contributed by atoms with van der Waals surface area (Å²) in [6.45, 7) is 0.307. The Labute approximate surface area is 155 Å². The van der Waals surface area contributed by atoms with E-state index in [-0.39, 0.29) is 35.2 Å². The Bertz CT molecular complexity index is 883. The van der Waals surface area contributed by atoms with Gasteiger partial charge in [-0.3, -0.25) is 14.9 Å². The van der Waals surface area contributed by atoms with E-state index in [9.17, 15) is 28.1 Å². The molecule has 7 nitrogen and oxygen atoms in total. The fourth-order valence-electron chi connectivity index (χ4n) is 2.43. The molecule has 0 bridgehead atoms. The van der Waals surface area contributed by atoms with E-state index in [0.717, 1.165) is 18.2 Å². The van der Waals surface area contributed by atoms with Gasteiger partial charge >= 0.3 is 6.18 Å². The van der Waals surface area contributed by atoms with Gasteiger partial charge in [0.15, 0.2) is 0 Å². The van der Waals surface area contributed by atoms with E-state index in [2.05, 4.69) is 4.98 Å². The number of carbonyl (C=O) groups is 1. The zero-order valence-electron chi connectivity index (χ0n) is 13.4. The van der Waals surface area contributed by atoms with E-state index in [1.807, 2.05) is 0 Å². The van der Waals surface area contributed by atoms with E-state index in [4.69, 9.17) is 16.3 Å². The van der Waals surface area contributed by atoms with Gasteiger partial charge < -0.3 is 9.64 Å². The number of alkyl halides is 3. The quantitative estimate of drug-likeness (QED) is 0.577. The summed E-state index contributed by atoms with van der Waals surface area (Å²) in [4.78, 5) is 27.5. The van der Waals surface area contributed by atoms with Crippen molar-refractivity contribution in [3.63, 3.8) is 0 Å². The van der Waals surface area contributed by atoms with Gasteiger partial charge in [-0.25, -0.2) is 4.98 Å². The number of aromatic nitrogens is 1. The van der Waals surface area contributed by atoms with Gasteiger partial charge in [0.05, 0.1) is 34.2 Å². The van der Waals surface area contributed by atoms with Crippen LogP contribution in [0, 0.1) is 10.1 Å². The Hall–Kier alpha value is -2.88. The predicted octanol–water partition coefficient (Wildman–Crippen LogP) is 3.57. The van der Waals surface area contributed by atoms with Gasteiger partial charge in [0.25, 0.3) is 11.6 Å². The molecule has 11 heteroatoms. The molecule has 142 valence electrons. The van der Waals surface area contributed by atoms with Crippen LogP contribution in [0.5, 0.6) is 5.88 Å². The minimum absolute atomic E-state index is 0.00280. The number of likely N-dealkylation sites (tertiary alicyclic amines) is 1. The minimum atomic E-state index is -4.48. The van der Waals surface area contributed by atoms with Crippen LogP contribution >= 0.6 is 11.6 Å². The maximum Gasteiger partial charge on any atom is 0.417 e. The van der Waals surface area contributed by atoms with E-state index in [1.54, 1.807) is 0 Å². The summed E-state index contributed by atoms with van der Waals surface area (Å²) in [5.74, 6) is -0.489. The molecule has 0 aliphatic carbocycles. The summed E-state index contributed by atoms with van der Waals surface area (Å²) >= 11 is 5.94. The van der Waals surface area contributed by atoms with Crippen LogP contribution in [-0.4, -0.2) is 39.9 Å². The molecule has 2 heterocycles. The third kappa shape index (κ3) is 4.11. The highest BCUT2D eigenvalue weighted by molar-refractivity contribution is 6.34. The largest absolute Gasteiger partial charge is 0.471 e. The molecule has 0 N–H and O–H groups in total.